The van der Waals surface area contributed by atoms with E-state index in [0.717, 1.165) is 5.92 Å². The van der Waals surface area contributed by atoms with Gasteiger partial charge in [-0.25, -0.2) is 0 Å². The number of hydrogen-bond donors (Lipinski definition) is 1. The van der Waals surface area contributed by atoms with Gasteiger partial charge in [0.15, 0.2) is 0 Å². The van der Waals surface area contributed by atoms with Crippen LogP contribution >= 0.6 is 0 Å². The van der Waals surface area contributed by atoms with Gasteiger partial charge >= 0.3 is 0 Å². The summed E-state index contributed by atoms with van der Waals surface area (Å²) in [6.45, 7) is 4.59. The summed E-state index contributed by atoms with van der Waals surface area (Å²) in [5.41, 5.74) is 0.252. The Balaban J connectivity index is 1.96. The first-order chi connectivity index (χ1) is 6.64. The Morgan fingerprint density at radius 2 is 1.79 bits per heavy atom. The van der Waals surface area contributed by atoms with Crippen LogP contribution in [-0.4, -0.2) is 11.2 Å². The van der Waals surface area contributed by atoms with E-state index in [2.05, 4.69) is 13.8 Å². The van der Waals surface area contributed by atoms with Crippen molar-refractivity contribution in [2.45, 2.75) is 64.9 Å². The maximum absolute atomic E-state index is 10.4. The smallest absolute Gasteiger partial charge is 0.0624 e. The summed E-state index contributed by atoms with van der Waals surface area (Å²) in [5, 5.41) is 10.4. The summed E-state index contributed by atoms with van der Waals surface area (Å²) in [6.07, 6.45) is 9.14. The predicted molar refractivity (Wildman–Crippen MR) is 59.1 cm³/mol. The molecule has 1 N–H and O–H groups in total. The van der Waals surface area contributed by atoms with Crippen LogP contribution in [0.3, 0.4) is 0 Å². The van der Waals surface area contributed by atoms with Crippen LogP contribution in [0.25, 0.3) is 0 Å². The van der Waals surface area contributed by atoms with Gasteiger partial charge in [-0.1, -0.05) is 33.1 Å². The first kappa shape index (κ1) is 10.5. The average Bonchev–Trinajstić information content (AvgIpc) is 2.26. The van der Waals surface area contributed by atoms with E-state index in [-0.39, 0.29) is 11.5 Å². The Morgan fingerprint density at radius 1 is 1.14 bits per heavy atom. The summed E-state index contributed by atoms with van der Waals surface area (Å²) in [7, 11) is 0. The lowest BCUT2D eigenvalue weighted by atomic mass is 9.56. The molecule has 0 radical (unpaired) electrons. The minimum atomic E-state index is -0.0217. The van der Waals surface area contributed by atoms with Crippen molar-refractivity contribution < 1.29 is 5.11 Å². The van der Waals surface area contributed by atoms with E-state index in [1.165, 1.54) is 44.9 Å². The van der Waals surface area contributed by atoms with Crippen molar-refractivity contribution in [3.63, 3.8) is 0 Å². The zero-order chi connectivity index (χ0) is 10.2. The van der Waals surface area contributed by atoms with Gasteiger partial charge in [-0.05, 0) is 42.9 Å². The van der Waals surface area contributed by atoms with E-state index in [4.69, 9.17) is 0 Å². The van der Waals surface area contributed by atoms with Crippen LogP contribution in [0.1, 0.15) is 58.8 Å². The molecule has 0 saturated heterocycles. The molecule has 2 aliphatic rings. The standard InChI is InChI=1S/C13H24O/c1-10-8-9-13(10,2)12(14)11-6-4-3-5-7-11/h10-12,14H,3-9H2,1-2H3. The van der Waals surface area contributed by atoms with Crippen molar-refractivity contribution in [2.75, 3.05) is 0 Å². The normalized spacial score (nSPS) is 41.8. The van der Waals surface area contributed by atoms with Crippen molar-refractivity contribution in [3.8, 4) is 0 Å². The molecule has 2 saturated carbocycles. The minimum absolute atomic E-state index is 0.0217. The summed E-state index contributed by atoms with van der Waals surface area (Å²) in [5.74, 6) is 1.34. The molecule has 0 bridgehead atoms. The summed E-state index contributed by atoms with van der Waals surface area (Å²) in [4.78, 5) is 0. The summed E-state index contributed by atoms with van der Waals surface area (Å²) >= 11 is 0. The highest BCUT2D eigenvalue weighted by molar-refractivity contribution is 4.97. The molecule has 0 amide bonds. The van der Waals surface area contributed by atoms with E-state index >= 15 is 0 Å². The Labute approximate surface area is 87.9 Å². The second-order valence-corrected chi connectivity index (χ2v) is 5.79. The third-order valence-corrected chi connectivity index (χ3v) is 5.01. The first-order valence-corrected chi connectivity index (χ1v) is 6.32. The van der Waals surface area contributed by atoms with Crippen LogP contribution in [-0.2, 0) is 0 Å². The second-order valence-electron chi connectivity index (χ2n) is 5.79. The Hall–Kier alpha value is -0.0400. The Morgan fingerprint density at radius 3 is 2.21 bits per heavy atom. The second kappa shape index (κ2) is 3.84. The molecular weight excluding hydrogens is 172 g/mol. The van der Waals surface area contributed by atoms with Crippen LogP contribution < -0.4 is 0 Å². The highest BCUT2D eigenvalue weighted by Gasteiger charge is 2.47. The van der Waals surface area contributed by atoms with Gasteiger partial charge in [0.05, 0.1) is 6.10 Å². The minimum Gasteiger partial charge on any atom is -0.392 e. The first-order valence-electron chi connectivity index (χ1n) is 6.32. The molecule has 2 aliphatic carbocycles. The quantitative estimate of drug-likeness (QED) is 0.718. The van der Waals surface area contributed by atoms with E-state index in [0.29, 0.717) is 5.92 Å². The van der Waals surface area contributed by atoms with Crippen molar-refractivity contribution in [3.05, 3.63) is 0 Å². The third kappa shape index (κ3) is 1.60. The highest BCUT2D eigenvalue weighted by atomic mass is 16.3. The zero-order valence-corrected chi connectivity index (χ0v) is 9.63. The molecule has 2 rings (SSSR count). The lowest BCUT2D eigenvalue weighted by molar-refractivity contribution is -0.102. The topological polar surface area (TPSA) is 20.2 Å². The molecule has 82 valence electrons. The molecule has 0 aromatic carbocycles. The van der Waals surface area contributed by atoms with Crippen LogP contribution in [0.4, 0.5) is 0 Å². The van der Waals surface area contributed by atoms with E-state index < -0.39 is 0 Å². The van der Waals surface area contributed by atoms with Crippen LogP contribution in [0.15, 0.2) is 0 Å². The fourth-order valence-electron chi connectivity index (χ4n) is 3.32. The van der Waals surface area contributed by atoms with Gasteiger partial charge in [0.25, 0.3) is 0 Å². The third-order valence-electron chi connectivity index (χ3n) is 5.01. The van der Waals surface area contributed by atoms with Crippen molar-refractivity contribution >= 4 is 0 Å². The molecular formula is C13H24O. The molecule has 3 unspecified atom stereocenters. The van der Waals surface area contributed by atoms with Crippen molar-refractivity contribution in [2.24, 2.45) is 17.3 Å². The van der Waals surface area contributed by atoms with Gasteiger partial charge in [-0.2, -0.15) is 0 Å². The Bertz CT molecular complexity index is 195. The molecule has 1 heteroatoms. The van der Waals surface area contributed by atoms with E-state index in [9.17, 15) is 5.11 Å². The van der Waals surface area contributed by atoms with Crippen LogP contribution in [0.2, 0.25) is 0 Å². The molecule has 3 atom stereocenters. The van der Waals surface area contributed by atoms with Gasteiger partial charge in [0.2, 0.25) is 0 Å². The molecule has 1 nitrogen and oxygen atoms in total. The lowest BCUT2D eigenvalue weighted by Gasteiger charge is -2.51. The fourth-order valence-corrected chi connectivity index (χ4v) is 3.32. The van der Waals surface area contributed by atoms with Crippen LogP contribution in [0, 0.1) is 17.3 Å². The van der Waals surface area contributed by atoms with Crippen molar-refractivity contribution in [1.29, 1.82) is 0 Å². The van der Waals surface area contributed by atoms with Gasteiger partial charge in [0.1, 0.15) is 0 Å². The molecule has 0 aromatic rings. The van der Waals surface area contributed by atoms with Crippen LogP contribution in [0.5, 0.6) is 0 Å². The SMILES string of the molecule is CC1CCC1(C)C(O)C1CCCCC1. The van der Waals surface area contributed by atoms with E-state index in [1.54, 1.807) is 0 Å². The molecule has 0 heterocycles. The summed E-state index contributed by atoms with van der Waals surface area (Å²) in [6, 6.07) is 0. The number of aliphatic hydroxyl groups excluding tert-OH is 1. The van der Waals surface area contributed by atoms with Gasteiger partial charge in [-0.3, -0.25) is 0 Å². The maximum Gasteiger partial charge on any atom is 0.0624 e. The van der Waals surface area contributed by atoms with Gasteiger partial charge < -0.3 is 5.11 Å². The van der Waals surface area contributed by atoms with Crippen molar-refractivity contribution in [1.82, 2.24) is 0 Å². The molecule has 0 spiro atoms. The largest absolute Gasteiger partial charge is 0.392 e. The Kier molecular flexibility index (Phi) is 2.88. The number of hydrogen-bond acceptors (Lipinski definition) is 1. The predicted octanol–water partition coefficient (Wildman–Crippen LogP) is 3.36. The molecule has 2 fully saturated rings. The van der Waals surface area contributed by atoms with Gasteiger partial charge in [-0.15, -0.1) is 0 Å². The lowest BCUT2D eigenvalue weighted by Crippen LogP contribution is -2.49. The number of aliphatic hydroxyl groups is 1. The summed E-state index contributed by atoms with van der Waals surface area (Å²) < 4.78 is 0. The molecule has 0 aliphatic heterocycles. The maximum atomic E-state index is 10.4. The zero-order valence-electron chi connectivity index (χ0n) is 9.63. The highest BCUT2D eigenvalue weighted by Crippen LogP contribution is 2.51. The van der Waals surface area contributed by atoms with E-state index in [1.807, 2.05) is 0 Å². The molecule has 0 aromatic heterocycles. The average molecular weight is 196 g/mol. The number of rotatable bonds is 2. The fraction of sp³-hybridized carbons (Fsp3) is 1.00. The van der Waals surface area contributed by atoms with Gasteiger partial charge in [0, 0.05) is 0 Å². The monoisotopic (exact) mass is 196 g/mol. The molecule has 14 heavy (non-hydrogen) atoms.